The van der Waals surface area contributed by atoms with Gasteiger partial charge in [-0.2, -0.15) is 5.26 Å². The van der Waals surface area contributed by atoms with Gasteiger partial charge in [-0.05, 0) is 30.7 Å². The van der Waals surface area contributed by atoms with E-state index in [4.69, 9.17) is 0 Å². The van der Waals surface area contributed by atoms with Gasteiger partial charge in [-0.15, -0.1) is 0 Å². The molecule has 0 fully saturated rings. The van der Waals surface area contributed by atoms with Gasteiger partial charge in [-0.3, -0.25) is 9.78 Å². The maximum Gasteiger partial charge on any atom is 0.251 e. The summed E-state index contributed by atoms with van der Waals surface area (Å²) >= 11 is 0. The maximum atomic E-state index is 12.8. The second kappa shape index (κ2) is 6.93. The van der Waals surface area contributed by atoms with Crippen molar-refractivity contribution in [2.24, 2.45) is 0 Å². The molecule has 4 aromatic rings. The zero-order valence-corrected chi connectivity index (χ0v) is 14.9. The molecule has 1 atom stereocenters. The number of hydrogen-bond acceptors (Lipinski definition) is 3. The highest BCUT2D eigenvalue weighted by Gasteiger charge is 2.15. The van der Waals surface area contributed by atoms with E-state index in [2.05, 4.69) is 16.4 Å². The maximum absolute atomic E-state index is 12.8. The molecule has 2 aromatic heterocycles. The van der Waals surface area contributed by atoms with Crippen molar-refractivity contribution >= 4 is 27.7 Å². The molecule has 0 aliphatic rings. The smallest absolute Gasteiger partial charge is 0.251 e. The monoisotopic (exact) mass is 354 g/mol. The minimum absolute atomic E-state index is 0.0939. The van der Waals surface area contributed by atoms with Crippen molar-refractivity contribution in [1.29, 1.82) is 5.26 Å². The number of benzene rings is 2. The molecule has 5 nitrogen and oxygen atoms in total. The van der Waals surface area contributed by atoms with Crippen molar-refractivity contribution in [3.05, 3.63) is 78.1 Å². The largest absolute Gasteiger partial charge is 0.346 e. The van der Waals surface area contributed by atoms with Crippen LogP contribution in [0.1, 0.15) is 28.9 Å². The topological polar surface area (TPSA) is 70.7 Å². The Balaban J connectivity index is 1.73. The molecule has 2 aromatic carbocycles. The zero-order valence-electron chi connectivity index (χ0n) is 14.9. The molecular weight excluding hydrogens is 336 g/mol. The quantitative estimate of drug-likeness (QED) is 0.597. The molecular formula is C22H18N4O. The predicted molar refractivity (Wildman–Crippen MR) is 105 cm³/mol. The minimum Gasteiger partial charge on any atom is -0.346 e. The van der Waals surface area contributed by atoms with E-state index in [0.29, 0.717) is 5.56 Å². The van der Waals surface area contributed by atoms with Gasteiger partial charge in [0, 0.05) is 22.5 Å². The number of nitrogens with zero attached hydrogens (tertiary/aromatic N) is 3. The third kappa shape index (κ3) is 3.02. The summed E-state index contributed by atoms with van der Waals surface area (Å²) in [5.74, 6) is -0.139. The van der Waals surface area contributed by atoms with Crippen molar-refractivity contribution in [3.8, 4) is 6.07 Å². The number of hydrogen-bond donors (Lipinski definition) is 1. The Morgan fingerprint density at radius 2 is 1.93 bits per heavy atom. The highest BCUT2D eigenvalue weighted by atomic mass is 16.1. The number of carbonyl (C=O) groups excluding carboxylic acids is 1. The van der Waals surface area contributed by atoms with E-state index in [1.54, 1.807) is 12.4 Å². The minimum atomic E-state index is -0.139. The van der Waals surface area contributed by atoms with Crippen molar-refractivity contribution in [3.63, 3.8) is 0 Å². The Hall–Kier alpha value is -3.65. The summed E-state index contributed by atoms with van der Waals surface area (Å²) in [5, 5.41) is 14.3. The van der Waals surface area contributed by atoms with Crippen LogP contribution in [0.5, 0.6) is 0 Å². The third-order valence-electron chi connectivity index (χ3n) is 4.81. The highest BCUT2D eigenvalue weighted by Crippen LogP contribution is 2.29. The van der Waals surface area contributed by atoms with Crippen LogP contribution in [0.4, 0.5) is 0 Å². The van der Waals surface area contributed by atoms with E-state index in [0.717, 1.165) is 27.4 Å². The van der Waals surface area contributed by atoms with E-state index in [1.165, 1.54) is 0 Å². The lowest BCUT2D eigenvalue weighted by Gasteiger charge is -2.14. The summed E-state index contributed by atoms with van der Waals surface area (Å²) in [6, 6.07) is 19.5. The molecule has 0 aliphatic heterocycles. The van der Waals surface area contributed by atoms with Gasteiger partial charge in [0.1, 0.15) is 6.54 Å². The molecule has 0 bridgehead atoms. The summed E-state index contributed by atoms with van der Waals surface area (Å²) in [6.45, 7) is 2.17. The van der Waals surface area contributed by atoms with Crippen LogP contribution in [0, 0.1) is 11.3 Å². The van der Waals surface area contributed by atoms with Crippen LogP contribution in [0.25, 0.3) is 21.8 Å². The first-order valence-corrected chi connectivity index (χ1v) is 8.78. The van der Waals surface area contributed by atoms with Gasteiger partial charge < -0.3 is 9.88 Å². The van der Waals surface area contributed by atoms with Gasteiger partial charge in [0.05, 0.1) is 29.3 Å². The number of carbonyl (C=O) groups is 1. The van der Waals surface area contributed by atoms with Crippen LogP contribution in [0.15, 0.2) is 67.0 Å². The van der Waals surface area contributed by atoms with Crippen LogP contribution < -0.4 is 5.32 Å². The molecule has 1 amide bonds. The Morgan fingerprint density at radius 1 is 1.15 bits per heavy atom. The molecule has 0 saturated carbocycles. The van der Waals surface area contributed by atoms with Crippen molar-refractivity contribution in [1.82, 2.24) is 14.9 Å². The van der Waals surface area contributed by atoms with E-state index in [1.807, 2.05) is 66.1 Å². The van der Waals surface area contributed by atoms with Gasteiger partial charge >= 0.3 is 0 Å². The average Bonchev–Trinajstić information content (AvgIpc) is 3.02. The summed E-state index contributed by atoms with van der Waals surface area (Å²) in [7, 11) is 0. The van der Waals surface area contributed by atoms with Crippen molar-refractivity contribution in [2.45, 2.75) is 19.5 Å². The van der Waals surface area contributed by atoms with Crippen molar-refractivity contribution in [2.75, 3.05) is 0 Å². The first-order valence-electron chi connectivity index (χ1n) is 8.78. The molecule has 0 aliphatic carbocycles. The number of fused-ring (bicyclic) bond motifs is 3. The number of nitrogens with one attached hydrogen (secondary N) is 1. The van der Waals surface area contributed by atoms with Crippen LogP contribution in [-0.4, -0.2) is 15.5 Å². The van der Waals surface area contributed by atoms with Crippen molar-refractivity contribution < 1.29 is 4.79 Å². The standard InChI is InChI=1S/C22H18N4O/c1-15(16-5-3-2-4-6-16)25-22(27)17-7-8-18-19-9-11-24-14-21(19)26(12-10-23)20(18)13-17/h2-9,11,13-15H,12H2,1H3,(H,25,27)/t15-/m1/s1. The predicted octanol–water partition coefficient (Wildman–Crippen LogP) is 4.20. The number of amides is 1. The highest BCUT2D eigenvalue weighted by molar-refractivity contribution is 6.10. The Bertz CT molecular complexity index is 1170. The summed E-state index contributed by atoms with van der Waals surface area (Å²) in [4.78, 5) is 16.9. The zero-order chi connectivity index (χ0) is 18.8. The summed E-state index contributed by atoms with van der Waals surface area (Å²) < 4.78 is 1.90. The molecule has 2 heterocycles. The van der Waals surface area contributed by atoms with E-state index in [-0.39, 0.29) is 18.5 Å². The van der Waals surface area contributed by atoms with Gasteiger partial charge in [0.15, 0.2) is 0 Å². The fourth-order valence-electron chi connectivity index (χ4n) is 3.43. The van der Waals surface area contributed by atoms with Gasteiger partial charge in [0.2, 0.25) is 0 Å². The molecule has 5 heteroatoms. The molecule has 0 spiro atoms. The van der Waals surface area contributed by atoms with E-state index >= 15 is 0 Å². The lowest BCUT2D eigenvalue weighted by atomic mass is 10.1. The number of nitriles is 1. The molecule has 0 saturated heterocycles. The number of rotatable bonds is 4. The summed E-state index contributed by atoms with van der Waals surface area (Å²) in [5.41, 5.74) is 3.38. The lowest BCUT2D eigenvalue weighted by molar-refractivity contribution is 0.0940. The molecule has 0 radical (unpaired) electrons. The van der Waals surface area contributed by atoms with E-state index < -0.39 is 0 Å². The number of pyridine rings is 1. The molecule has 4 rings (SSSR count). The Morgan fingerprint density at radius 3 is 2.70 bits per heavy atom. The van der Waals surface area contributed by atoms with Crippen LogP contribution >= 0.6 is 0 Å². The molecule has 132 valence electrons. The fourth-order valence-corrected chi connectivity index (χ4v) is 3.43. The Kier molecular flexibility index (Phi) is 4.31. The number of aromatic nitrogens is 2. The lowest BCUT2D eigenvalue weighted by Crippen LogP contribution is -2.26. The average molecular weight is 354 g/mol. The first-order chi connectivity index (χ1) is 13.2. The van der Waals surface area contributed by atoms with Crippen LogP contribution in [0.3, 0.4) is 0 Å². The molecule has 1 N–H and O–H groups in total. The normalized spacial score (nSPS) is 12.0. The first kappa shape index (κ1) is 16.8. The fraction of sp³-hybridized carbons (Fsp3) is 0.136. The van der Waals surface area contributed by atoms with Gasteiger partial charge in [-0.1, -0.05) is 36.4 Å². The second-order valence-corrected chi connectivity index (χ2v) is 6.47. The molecule has 0 unspecified atom stereocenters. The van der Waals surface area contributed by atoms with E-state index in [9.17, 15) is 10.1 Å². The molecule has 27 heavy (non-hydrogen) atoms. The van der Waals surface area contributed by atoms with Gasteiger partial charge in [0.25, 0.3) is 5.91 Å². The van der Waals surface area contributed by atoms with Gasteiger partial charge in [-0.25, -0.2) is 0 Å². The van der Waals surface area contributed by atoms with Crippen LogP contribution in [0.2, 0.25) is 0 Å². The SMILES string of the molecule is C[C@@H](NC(=O)c1ccc2c3ccncc3n(CC#N)c2c1)c1ccccc1. The Labute approximate surface area is 156 Å². The second-order valence-electron chi connectivity index (χ2n) is 6.47. The van der Waals surface area contributed by atoms with Crippen LogP contribution in [-0.2, 0) is 6.54 Å². The third-order valence-corrected chi connectivity index (χ3v) is 4.81. The summed E-state index contributed by atoms with van der Waals surface area (Å²) in [6.07, 6.45) is 3.49.